The summed E-state index contributed by atoms with van der Waals surface area (Å²) in [5.74, 6) is 2.32. The van der Waals surface area contributed by atoms with E-state index in [1.807, 2.05) is 62.5 Å². The first-order valence-corrected chi connectivity index (χ1v) is 7.57. The molecule has 0 saturated heterocycles. The third-order valence-electron chi connectivity index (χ3n) is 3.78. The van der Waals surface area contributed by atoms with Crippen molar-refractivity contribution in [3.8, 4) is 11.5 Å². The summed E-state index contributed by atoms with van der Waals surface area (Å²) in [6, 6.07) is 14.0. The minimum atomic E-state index is 0.393. The number of allylic oxidation sites excluding steroid dienone is 1. The van der Waals surface area contributed by atoms with Gasteiger partial charge < -0.3 is 14.0 Å². The van der Waals surface area contributed by atoms with Gasteiger partial charge in [0.2, 0.25) is 0 Å². The van der Waals surface area contributed by atoms with E-state index in [-0.39, 0.29) is 0 Å². The molecular formula is C19H20N2O2. The van der Waals surface area contributed by atoms with Crippen LogP contribution >= 0.6 is 0 Å². The van der Waals surface area contributed by atoms with E-state index in [0.717, 1.165) is 28.2 Å². The highest BCUT2D eigenvalue weighted by Crippen LogP contribution is 2.29. The van der Waals surface area contributed by atoms with Gasteiger partial charge in [-0.05, 0) is 36.8 Å². The van der Waals surface area contributed by atoms with Crippen LogP contribution in [0.2, 0.25) is 0 Å². The number of aromatic nitrogens is 2. The van der Waals surface area contributed by atoms with Crippen molar-refractivity contribution < 1.29 is 9.47 Å². The number of para-hydroxylation sites is 2. The molecule has 0 unspecified atom stereocenters. The fourth-order valence-corrected chi connectivity index (χ4v) is 2.57. The van der Waals surface area contributed by atoms with Crippen LogP contribution in [0.1, 0.15) is 18.3 Å². The van der Waals surface area contributed by atoms with Crippen molar-refractivity contribution in [1.29, 1.82) is 0 Å². The Hall–Kier alpha value is -2.75. The minimum absolute atomic E-state index is 0.393. The SMILES string of the molecule is C/C=C\c1ccc(OCc2nc3ccccc3n2C)c(OC)c1. The molecule has 0 radical (unpaired) electrons. The number of hydrogen-bond acceptors (Lipinski definition) is 3. The summed E-state index contributed by atoms with van der Waals surface area (Å²) < 4.78 is 13.4. The summed E-state index contributed by atoms with van der Waals surface area (Å²) >= 11 is 0. The van der Waals surface area contributed by atoms with E-state index < -0.39 is 0 Å². The van der Waals surface area contributed by atoms with Crippen molar-refractivity contribution in [1.82, 2.24) is 9.55 Å². The van der Waals surface area contributed by atoms with Gasteiger partial charge in [0.15, 0.2) is 11.5 Å². The van der Waals surface area contributed by atoms with Crippen LogP contribution in [0.3, 0.4) is 0 Å². The van der Waals surface area contributed by atoms with E-state index in [0.29, 0.717) is 12.4 Å². The molecule has 1 aromatic heterocycles. The zero-order valence-electron chi connectivity index (χ0n) is 13.6. The fourth-order valence-electron chi connectivity index (χ4n) is 2.57. The molecule has 0 atom stereocenters. The smallest absolute Gasteiger partial charge is 0.161 e. The number of benzene rings is 2. The number of imidazole rings is 1. The quantitative estimate of drug-likeness (QED) is 0.709. The lowest BCUT2D eigenvalue weighted by atomic mass is 10.2. The van der Waals surface area contributed by atoms with Crippen molar-refractivity contribution in [3.63, 3.8) is 0 Å². The zero-order valence-corrected chi connectivity index (χ0v) is 13.6. The molecule has 0 N–H and O–H groups in total. The maximum absolute atomic E-state index is 5.93. The summed E-state index contributed by atoms with van der Waals surface area (Å²) in [6.07, 6.45) is 4.02. The number of nitrogens with zero attached hydrogens (tertiary/aromatic N) is 2. The lowest BCUT2D eigenvalue weighted by Crippen LogP contribution is -2.04. The van der Waals surface area contributed by atoms with Gasteiger partial charge >= 0.3 is 0 Å². The maximum atomic E-state index is 5.93. The molecular weight excluding hydrogens is 288 g/mol. The van der Waals surface area contributed by atoms with Crippen molar-refractivity contribution >= 4 is 17.1 Å². The first-order valence-electron chi connectivity index (χ1n) is 7.57. The number of fused-ring (bicyclic) bond motifs is 1. The van der Waals surface area contributed by atoms with E-state index in [1.165, 1.54) is 0 Å². The Balaban J connectivity index is 1.83. The second kappa shape index (κ2) is 6.57. The lowest BCUT2D eigenvalue weighted by molar-refractivity contribution is 0.273. The second-order valence-corrected chi connectivity index (χ2v) is 5.27. The van der Waals surface area contributed by atoms with Crippen LogP contribution < -0.4 is 9.47 Å². The largest absolute Gasteiger partial charge is 0.493 e. The topological polar surface area (TPSA) is 36.3 Å². The van der Waals surface area contributed by atoms with Crippen LogP contribution in [-0.4, -0.2) is 16.7 Å². The summed E-state index contributed by atoms with van der Waals surface area (Å²) in [4.78, 5) is 4.62. The summed E-state index contributed by atoms with van der Waals surface area (Å²) in [5.41, 5.74) is 3.16. The predicted octanol–water partition coefficient (Wildman–Crippen LogP) is 4.19. The number of ether oxygens (including phenoxy) is 2. The highest BCUT2D eigenvalue weighted by Gasteiger charge is 2.10. The van der Waals surface area contributed by atoms with Gasteiger partial charge in [-0.25, -0.2) is 4.98 Å². The number of hydrogen-bond donors (Lipinski definition) is 0. The van der Waals surface area contributed by atoms with Crippen LogP contribution in [0, 0.1) is 0 Å². The average molecular weight is 308 g/mol. The normalized spacial score (nSPS) is 11.3. The Kier molecular flexibility index (Phi) is 4.33. The fraction of sp³-hybridized carbons (Fsp3) is 0.211. The second-order valence-electron chi connectivity index (χ2n) is 5.27. The van der Waals surface area contributed by atoms with Crippen LogP contribution in [0.4, 0.5) is 0 Å². The van der Waals surface area contributed by atoms with Gasteiger partial charge in [-0.3, -0.25) is 0 Å². The molecule has 1 heterocycles. The number of methoxy groups -OCH3 is 1. The lowest BCUT2D eigenvalue weighted by Gasteiger charge is -2.11. The first kappa shape index (κ1) is 15.2. The summed E-state index contributed by atoms with van der Waals surface area (Å²) in [5, 5.41) is 0. The van der Waals surface area contributed by atoms with Gasteiger partial charge in [0.25, 0.3) is 0 Å². The van der Waals surface area contributed by atoms with Crippen LogP contribution in [0.5, 0.6) is 11.5 Å². The standard InChI is InChI=1S/C19H20N2O2/c1-4-7-14-10-11-17(18(12-14)22-3)23-13-19-20-15-8-5-6-9-16(15)21(19)2/h4-12H,13H2,1-3H3/b7-4-. The molecule has 0 aliphatic carbocycles. The molecule has 23 heavy (non-hydrogen) atoms. The van der Waals surface area contributed by atoms with Gasteiger partial charge in [-0.15, -0.1) is 0 Å². The van der Waals surface area contributed by atoms with Gasteiger partial charge in [-0.2, -0.15) is 0 Å². The highest BCUT2D eigenvalue weighted by atomic mass is 16.5. The Morgan fingerprint density at radius 3 is 2.70 bits per heavy atom. The zero-order chi connectivity index (χ0) is 16.2. The van der Waals surface area contributed by atoms with Crippen LogP contribution in [0.15, 0.2) is 48.5 Å². The van der Waals surface area contributed by atoms with Gasteiger partial charge in [0.1, 0.15) is 12.4 Å². The third-order valence-corrected chi connectivity index (χ3v) is 3.78. The first-order chi connectivity index (χ1) is 11.2. The average Bonchev–Trinajstić information content (AvgIpc) is 2.90. The predicted molar refractivity (Wildman–Crippen MR) is 92.7 cm³/mol. The maximum Gasteiger partial charge on any atom is 0.161 e. The molecule has 0 fully saturated rings. The molecule has 3 aromatic rings. The third kappa shape index (κ3) is 3.06. The Bertz CT molecular complexity index is 850. The highest BCUT2D eigenvalue weighted by molar-refractivity contribution is 5.75. The van der Waals surface area contributed by atoms with Crippen LogP contribution in [-0.2, 0) is 13.7 Å². The van der Waals surface area contributed by atoms with Gasteiger partial charge in [0, 0.05) is 7.05 Å². The Labute approximate surface area is 136 Å². The molecule has 4 nitrogen and oxygen atoms in total. The van der Waals surface area contributed by atoms with Crippen LogP contribution in [0.25, 0.3) is 17.1 Å². The van der Waals surface area contributed by atoms with E-state index >= 15 is 0 Å². The van der Waals surface area contributed by atoms with E-state index in [2.05, 4.69) is 15.6 Å². The molecule has 3 rings (SSSR count). The molecule has 0 aliphatic heterocycles. The van der Waals surface area contributed by atoms with E-state index in [9.17, 15) is 0 Å². The number of rotatable bonds is 5. The molecule has 0 amide bonds. The molecule has 0 bridgehead atoms. The van der Waals surface area contributed by atoms with Crippen molar-refractivity contribution in [2.45, 2.75) is 13.5 Å². The Morgan fingerprint density at radius 2 is 1.96 bits per heavy atom. The molecule has 118 valence electrons. The van der Waals surface area contributed by atoms with Gasteiger partial charge in [0.05, 0.1) is 18.1 Å². The molecule has 0 spiro atoms. The van der Waals surface area contributed by atoms with Crippen molar-refractivity contribution in [2.75, 3.05) is 7.11 Å². The Morgan fingerprint density at radius 1 is 1.13 bits per heavy atom. The summed E-state index contributed by atoms with van der Waals surface area (Å²) in [6.45, 7) is 2.38. The van der Waals surface area contributed by atoms with E-state index in [4.69, 9.17) is 9.47 Å². The van der Waals surface area contributed by atoms with Crippen molar-refractivity contribution in [3.05, 3.63) is 59.9 Å². The molecule has 0 aliphatic rings. The van der Waals surface area contributed by atoms with E-state index in [1.54, 1.807) is 7.11 Å². The molecule has 4 heteroatoms. The monoisotopic (exact) mass is 308 g/mol. The van der Waals surface area contributed by atoms with Gasteiger partial charge in [-0.1, -0.05) is 30.4 Å². The number of aryl methyl sites for hydroxylation is 1. The van der Waals surface area contributed by atoms with Crippen molar-refractivity contribution in [2.24, 2.45) is 7.05 Å². The summed E-state index contributed by atoms with van der Waals surface area (Å²) in [7, 11) is 3.65. The molecule has 2 aromatic carbocycles. The minimum Gasteiger partial charge on any atom is -0.493 e. The molecule has 0 saturated carbocycles.